The average molecular weight is 399 g/mol. The molecule has 0 saturated carbocycles. The first-order chi connectivity index (χ1) is 13.6. The summed E-state index contributed by atoms with van der Waals surface area (Å²) >= 11 is 0. The van der Waals surface area contributed by atoms with E-state index in [0.717, 1.165) is 32.7 Å². The number of benzene rings is 2. The monoisotopic (exact) mass is 398 g/mol. The highest BCUT2D eigenvalue weighted by Crippen LogP contribution is 2.33. The molecule has 0 atom stereocenters. The van der Waals surface area contributed by atoms with Crippen LogP contribution in [-0.2, 0) is 22.0 Å². The number of hydrogen-bond acceptors (Lipinski definition) is 2. The van der Waals surface area contributed by atoms with Crippen molar-refractivity contribution in [3.05, 3.63) is 71.8 Å². The first kappa shape index (κ1) is 22.9. The fourth-order valence-electron chi connectivity index (χ4n) is 4.05. The van der Waals surface area contributed by atoms with Crippen LogP contribution < -0.4 is 0 Å². The summed E-state index contributed by atoms with van der Waals surface area (Å²) in [6.45, 7) is 11.2. The number of hydrogen-bond donors (Lipinski definition) is 0. The summed E-state index contributed by atoms with van der Waals surface area (Å²) in [5.74, 6) is 0. The summed E-state index contributed by atoms with van der Waals surface area (Å²) in [5, 5.41) is 0. The summed E-state index contributed by atoms with van der Waals surface area (Å²) in [6.07, 6.45) is 1.95. The summed E-state index contributed by atoms with van der Waals surface area (Å²) < 4.78 is 12.9. The van der Waals surface area contributed by atoms with Crippen molar-refractivity contribution in [3.8, 4) is 0 Å². The van der Waals surface area contributed by atoms with Crippen LogP contribution in [0.3, 0.4) is 0 Å². The van der Waals surface area contributed by atoms with Crippen LogP contribution in [0.25, 0.3) is 0 Å². The fourth-order valence-corrected chi connectivity index (χ4v) is 6.77. The smallest absolute Gasteiger partial charge is 0.192 e. The second kappa shape index (κ2) is 11.5. The number of rotatable bonds is 13. The van der Waals surface area contributed by atoms with E-state index in [2.05, 4.69) is 88.4 Å². The van der Waals surface area contributed by atoms with Crippen molar-refractivity contribution < 1.29 is 9.16 Å². The highest BCUT2D eigenvalue weighted by molar-refractivity contribution is 6.73. The zero-order chi connectivity index (χ0) is 20.3. The lowest BCUT2D eigenvalue weighted by atomic mass is 9.78. The van der Waals surface area contributed by atoms with Crippen LogP contribution in [-0.4, -0.2) is 28.1 Å². The summed E-state index contributed by atoms with van der Waals surface area (Å²) in [4.78, 5) is 0. The molecule has 0 radical (unpaired) electrons. The molecule has 0 aliphatic carbocycles. The van der Waals surface area contributed by atoms with E-state index in [0.29, 0.717) is 0 Å². The van der Waals surface area contributed by atoms with Gasteiger partial charge in [-0.15, -0.1) is 0 Å². The Labute approximate surface area is 173 Å². The van der Waals surface area contributed by atoms with Crippen LogP contribution >= 0.6 is 0 Å². The molecule has 2 rings (SSSR count). The lowest BCUT2D eigenvalue weighted by Gasteiger charge is -2.38. The van der Waals surface area contributed by atoms with E-state index in [1.54, 1.807) is 0 Å². The van der Waals surface area contributed by atoms with Gasteiger partial charge in [0.1, 0.15) is 0 Å². The second-order valence-electron chi connectivity index (χ2n) is 7.99. The molecule has 0 aromatic heterocycles. The van der Waals surface area contributed by atoms with Gasteiger partial charge < -0.3 is 9.16 Å². The lowest BCUT2D eigenvalue weighted by molar-refractivity contribution is 0.0151. The highest BCUT2D eigenvalue weighted by atomic mass is 28.4. The molecule has 0 unspecified atom stereocenters. The van der Waals surface area contributed by atoms with E-state index >= 15 is 0 Å². The van der Waals surface area contributed by atoms with E-state index in [1.807, 2.05) is 0 Å². The molecule has 0 aliphatic heterocycles. The molecule has 0 aliphatic rings. The summed E-state index contributed by atoms with van der Waals surface area (Å²) in [7, 11) is -1.66. The summed E-state index contributed by atoms with van der Waals surface area (Å²) in [6, 6.07) is 25.2. The first-order valence-corrected chi connectivity index (χ1v) is 13.4. The Kier molecular flexibility index (Phi) is 9.43. The van der Waals surface area contributed by atoms with Gasteiger partial charge in [0.15, 0.2) is 8.32 Å². The predicted octanol–water partition coefficient (Wildman–Crippen LogP) is 6.52. The van der Waals surface area contributed by atoms with Crippen LogP contribution in [0.5, 0.6) is 0 Å². The third-order valence-electron chi connectivity index (χ3n) is 6.07. The maximum absolute atomic E-state index is 6.84. The molecule has 3 heteroatoms. The van der Waals surface area contributed by atoms with Crippen molar-refractivity contribution >= 4 is 8.32 Å². The molecule has 0 heterocycles. The van der Waals surface area contributed by atoms with Gasteiger partial charge in [0.2, 0.25) is 0 Å². The highest BCUT2D eigenvalue weighted by Gasteiger charge is 2.37. The fraction of sp³-hybridized carbons (Fsp3) is 0.520. The molecular formula is C25H38O2Si. The standard InChI is InChI=1S/C25H38O2Si/c1-5-26-21-25(19-23-15-11-9-12-16-23,20-24-17-13-10-14-18-24)22-27-28(6-2,7-3)8-4/h9-18H,5-8,19-22H2,1-4H3. The average Bonchev–Trinajstić information content (AvgIpc) is 2.75. The van der Waals surface area contributed by atoms with Crippen LogP contribution in [0.1, 0.15) is 38.8 Å². The van der Waals surface area contributed by atoms with Crippen LogP contribution in [0.15, 0.2) is 60.7 Å². The molecule has 0 amide bonds. The predicted molar refractivity (Wildman–Crippen MR) is 122 cm³/mol. The molecule has 154 valence electrons. The molecule has 2 aromatic rings. The third kappa shape index (κ3) is 6.58. The van der Waals surface area contributed by atoms with Crippen molar-refractivity contribution in [2.45, 2.75) is 58.7 Å². The van der Waals surface area contributed by atoms with E-state index in [4.69, 9.17) is 9.16 Å². The van der Waals surface area contributed by atoms with Gasteiger partial charge in [-0.05, 0) is 49.0 Å². The van der Waals surface area contributed by atoms with Gasteiger partial charge in [0.05, 0.1) is 6.61 Å². The molecule has 0 saturated heterocycles. The molecule has 0 fully saturated rings. The van der Waals surface area contributed by atoms with Crippen LogP contribution in [0, 0.1) is 5.41 Å². The van der Waals surface area contributed by atoms with Crippen molar-refractivity contribution in [2.75, 3.05) is 19.8 Å². The van der Waals surface area contributed by atoms with Crippen molar-refractivity contribution in [1.29, 1.82) is 0 Å². The van der Waals surface area contributed by atoms with Gasteiger partial charge >= 0.3 is 0 Å². The van der Waals surface area contributed by atoms with Gasteiger partial charge in [0, 0.05) is 18.6 Å². The first-order valence-electron chi connectivity index (χ1n) is 10.9. The molecule has 2 nitrogen and oxygen atoms in total. The molecule has 28 heavy (non-hydrogen) atoms. The lowest BCUT2D eigenvalue weighted by Crippen LogP contribution is -2.44. The Morgan fingerprint density at radius 1 is 0.679 bits per heavy atom. The van der Waals surface area contributed by atoms with Gasteiger partial charge in [-0.2, -0.15) is 0 Å². The van der Waals surface area contributed by atoms with Crippen molar-refractivity contribution in [1.82, 2.24) is 0 Å². The van der Waals surface area contributed by atoms with Crippen LogP contribution in [0.4, 0.5) is 0 Å². The largest absolute Gasteiger partial charge is 0.416 e. The SMILES string of the molecule is CCOCC(CO[Si](CC)(CC)CC)(Cc1ccccc1)Cc1ccccc1. The maximum Gasteiger partial charge on any atom is 0.192 e. The summed E-state index contributed by atoms with van der Waals surface area (Å²) in [5.41, 5.74) is 2.67. The normalized spacial score (nSPS) is 12.3. The third-order valence-corrected chi connectivity index (χ3v) is 10.7. The van der Waals surface area contributed by atoms with Gasteiger partial charge in [0.25, 0.3) is 0 Å². The Bertz CT molecular complexity index is 603. The van der Waals surface area contributed by atoms with Crippen LogP contribution in [0.2, 0.25) is 18.1 Å². The van der Waals surface area contributed by atoms with Gasteiger partial charge in [-0.25, -0.2) is 0 Å². The quantitative estimate of drug-likeness (QED) is 0.358. The van der Waals surface area contributed by atoms with Crippen molar-refractivity contribution in [3.63, 3.8) is 0 Å². The molecule has 0 bridgehead atoms. The maximum atomic E-state index is 6.84. The second-order valence-corrected chi connectivity index (χ2v) is 12.8. The molecule has 2 aromatic carbocycles. The Morgan fingerprint density at radius 3 is 1.54 bits per heavy atom. The van der Waals surface area contributed by atoms with E-state index in [1.165, 1.54) is 29.3 Å². The van der Waals surface area contributed by atoms with E-state index in [-0.39, 0.29) is 5.41 Å². The Hall–Kier alpha value is -1.42. The minimum atomic E-state index is -1.66. The minimum absolute atomic E-state index is 0.0452. The van der Waals surface area contributed by atoms with Gasteiger partial charge in [-0.3, -0.25) is 0 Å². The molecular weight excluding hydrogens is 360 g/mol. The Morgan fingerprint density at radius 2 is 1.14 bits per heavy atom. The van der Waals surface area contributed by atoms with Crippen molar-refractivity contribution in [2.24, 2.45) is 5.41 Å². The zero-order valence-corrected chi connectivity index (χ0v) is 19.2. The zero-order valence-electron chi connectivity index (χ0n) is 18.2. The molecule has 0 N–H and O–H groups in total. The topological polar surface area (TPSA) is 18.5 Å². The van der Waals surface area contributed by atoms with E-state index < -0.39 is 8.32 Å². The number of ether oxygens (including phenoxy) is 1. The van der Waals surface area contributed by atoms with E-state index in [9.17, 15) is 0 Å². The molecule has 0 spiro atoms. The Balaban J connectivity index is 2.33. The van der Waals surface area contributed by atoms with Gasteiger partial charge in [-0.1, -0.05) is 81.4 Å². The minimum Gasteiger partial charge on any atom is -0.416 e.